The van der Waals surface area contributed by atoms with Gasteiger partial charge in [0.1, 0.15) is 5.70 Å². The van der Waals surface area contributed by atoms with Crippen LogP contribution in [0.2, 0.25) is 0 Å². The molecule has 0 spiro atoms. The lowest BCUT2D eigenvalue weighted by Gasteiger charge is -2.17. The van der Waals surface area contributed by atoms with Crippen LogP contribution in [0.25, 0.3) is 0 Å². The van der Waals surface area contributed by atoms with Crippen molar-refractivity contribution in [2.75, 3.05) is 34.4 Å². The second-order valence-electron chi connectivity index (χ2n) is 5.05. The third-order valence-corrected chi connectivity index (χ3v) is 3.74. The molecule has 7 nitrogen and oxygen atoms in total. The van der Waals surface area contributed by atoms with Gasteiger partial charge in [0.05, 0.1) is 33.4 Å². The van der Waals surface area contributed by atoms with E-state index in [-0.39, 0.29) is 23.7 Å². The van der Waals surface area contributed by atoms with Gasteiger partial charge in [-0.2, -0.15) is 0 Å². The number of amides is 1. The summed E-state index contributed by atoms with van der Waals surface area (Å²) in [5.74, 6) is 0.369. The Balaban J connectivity index is 2.03. The minimum absolute atomic E-state index is 0.0378. The molecule has 0 bridgehead atoms. The van der Waals surface area contributed by atoms with E-state index in [9.17, 15) is 9.59 Å². The second-order valence-corrected chi connectivity index (χ2v) is 5.05. The lowest BCUT2D eigenvalue weighted by atomic mass is 10.1. The molecular weight excluding hydrogens is 300 g/mol. The summed E-state index contributed by atoms with van der Waals surface area (Å²) in [6.45, 7) is 0.611. The number of hydrogen-bond donors (Lipinski definition) is 1. The molecule has 0 unspecified atom stereocenters. The number of esters is 1. The third kappa shape index (κ3) is 3.39. The average molecular weight is 320 g/mol. The Morgan fingerprint density at radius 3 is 2.52 bits per heavy atom. The Morgan fingerprint density at radius 1 is 1.22 bits per heavy atom. The van der Waals surface area contributed by atoms with Crippen LogP contribution >= 0.6 is 0 Å². The molecule has 0 atom stereocenters. The summed E-state index contributed by atoms with van der Waals surface area (Å²) in [6, 6.07) is 5.57. The molecule has 1 aliphatic heterocycles. The quantitative estimate of drug-likeness (QED) is 0.766. The number of rotatable bonds is 6. The van der Waals surface area contributed by atoms with Gasteiger partial charge in [0, 0.05) is 6.54 Å². The first kappa shape index (κ1) is 16.7. The molecule has 124 valence electrons. The highest BCUT2D eigenvalue weighted by Crippen LogP contribution is 2.28. The van der Waals surface area contributed by atoms with E-state index in [4.69, 9.17) is 15.2 Å². The fourth-order valence-corrected chi connectivity index (χ4v) is 2.43. The molecule has 1 aliphatic rings. The van der Waals surface area contributed by atoms with E-state index >= 15 is 0 Å². The number of carbonyl (C=O) groups excluding carboxylic acids is 2. The highest BCUT2D eigenvalue weighted by atomic mass is 16.5. The molecule has 0 radical (unpaired) electrons. The van der Waals surface area contributed by atoms with Gasteiger partial charge < -0.3 is 24.8 Å². The molecule has 0 fully saturated rings. The lowest BCUT2D eigenvalue weighted by molar-refractivity contribution is -0.136. The van der Waals surface area contributed by atoms with Gasteiger partial charge in [0.2, 0.25) is 0 Å². The summed E-state index contributed by atoms with van der Waals surface area (Å²) >= 11 is 0. The van der Waals surface area contributed by atoms with Gasteiger partial charge in [0.25, 0.3) is 5.91 Å². The summed E-state index contributed by atoms with van der Waals surface area (Å²) < 4.78 is 15.1. The highest BCUT2D eigenvalue weighted by Gasteiger charge is 2.32. The fourth-order valence-electron chi connectivity index (χ4n) is 2.43. The van der Waals surface area contributed by atoms with Crippen molar-refractivity contribution >= 4 is 11.9 Å². The van der Waals surface area contributed by atoms with E-state index in [1.165, 1.54) is 12.0 Å². The van der Waals surface area contributed by atoms with E-state index in [1.807, 2.05) is 18.2 Å². The van der Waals surface area contributed by atoms with Gasteiger partial charge in [-0.15, -0.1) is 0 Å². The molecule has 7 heteroatoms. The lowest BCUT2D eigenvalue weighted by Crippen LogP contribution is -2.31. The number of nitrogens with two attached hydrogens (primary N) is 1. The molecule has 1 aromatic carbocycles. The Kier molecular flexibility index (Phi) is 5.10. The summed E-state index contributed by atoms with van der Waals surface area (Å²) in [5.41, 5.74) is 6.85. The standard InChI is InChI=1S/C16H20N2O5/c1-21-12-5-4-10(8-13(12)22-2)6-7-18-9-11(16(20)23-3)14(17)15(18)19/h4-5,8H,6-7,9,17H2,1-3H3. The van der Waals surface area contributed by atoms with Crippen LogP contribution in [0, 0.1) is 0 Å². The average Bonchev–Trinajstić information content (AvgIpc) is 2.87. The smallest absolute Gasteiger partial charge is 0.337 e. The Morgan fingerprint density at radius 2 is 1.91 bits per heavy atom. The molecule has 2 N–H and O–H groups in total. The first-order valence-corrected chi connectivity index (χ1v) is 7.09. The van der Waals surface area contributed by atoms with Crippen LogP contribution in [0.15, 0.2) is 29.5 Å². The van der Waals surface area contributed by atoms with Crippen LogP contribution in [0.5, 0.6) is 11.5 Å². The number of carbonyl (C=O) groups is 2. The largest absolute Gasteiger partial charge is 0.493 e. The minimum atomic E-state index is -0.565. The highest BCUT2D eigenvalue weighted by molar-refractivity contribution is 6.06. The first-order chi connectivity index (χ1) is 11.0. The topological polar surface area (TPSA) is 91.1 Å². The SMILES string of the molecule is COC(=O)C1=C(N)C(=O)N(CCc2ccc(OC)c(OC)c2)C1. The predicted molar refractivity (Wildman–Crippen MR) is 83.1 cm³/mol. The number of benzene rings is 1. The summed E-state index contributed by atoms with van der Waals surface area (Å²) in [7, 11) is 4.40. The Labute approximate surface area is 134 Å². The van der Waals surface area contributed by atoms with Crippen LogP contribution < -0.4 is 15.2 Å². The van der Waals surface area contributed by atoms with Crippen molar-refractivity contribution < 1.29 is 23.8 Å². The second kappa shape index (κ2) is 7.04. The molecule has 0 aliphatic carbocycles. The Bertz CT molecular complexity index is 654. The summed E-state index contributed by atoms with van der Waals surface area (Å²) in [6.07, 6.45) is 0.605. The van der Waals surface area contributed by atoms with Gasteiger partial charge in [-0.1, -0.05) is 6.07 Å². The summed E-state index contributed by atoms with van der Waals surface area (Å²) in [5, 5.41) is 0. The van der Waals surface area contributed by atoms with E-state index < -0.39 is 5.97 Å². The zero-order valence-corrected chi connectivity index (χ0v) is 13.4. The number of ether oxygens (including phenoxy) is 3. The summed E-state index contributed by atoms with van der Waals surface area (Å²) in [4.78, 5) is 25.2. The van der Waals surface area contributed by atoms with Gasteiger partial charge >= 0.3 is 5.97 Å². The predicted octanol–water partition coefficient (Wildman–Crippen LogP) is 0.474. The molecule has 0 aromatic heterocycles. The van der Waals surface area contributed by atoms with Gasteiger partial charge in [-0.3, -0.25) is 4.79 Å². The van der Waals surface area contributed by atoms with Crippen molar-refractivity contribution in [2.24, 2.45) is 5.73 Å². The number of hydrogen-bond acceptors (Lipinski definition) is 6. The van der Waals surface area contributed by atoms with E-state index in [2.05, 4.69) is 4.74 Å². The van der Waals surface area contributed by atoms with Crippen molar-refractivity contribution in [1.82, 2.24) is 4.90 Å². The number of nitrogens with zero attached hydrogens (tertiary/aromatic N) is 1. The molecule has 2 rings (SSSR count). The van der Waals surface area contributed by atoms with Crippen LogP contribution in [0.3, 0.4) is 0 Å². The van der Waals surface area contributed by atoms with Gasteiger partial charge in [-0.05, 0) is 24.1 Å². The number of methoxy groups -OCH3 is 3. The molecule has 1 amide bonds. The van der Waals surface area contributed by atoms with Crippen LogP contribution in [0.1, 0.15) is 5.56 Å². The van der Waals surface area contributed by atoms with E-state index in [0.29, 0.717) is 24.5 Å². The van der Waals surface area contributed by atoms with E-state index in [0.717, 1.165) is 5.56 Å². The van der Waals surface area contributed by atoms with Gasteiger partial charge in [-0.25, -0.2) is 4.79 Å². The normalized spacial score (nSPS) is 14.2. The van der Waals surface area contributed by atoms with Crippen LogP contribution in [0.4, 0.5) is 0 Å². The molecule has 23 heavy (non-hydrogen) atoms. The van der Waals surface area contributed by atoms with Gasteiger partial charge in [0.15, 0.2) is 11.5 Å². The van der Waals surface area contributed by atoms with Crippen molar-refractivity contribution in [2.45, 2.75) is 6.42 Å². The zero-order valence-electron chi connectivity index (χ0n) is 13.4. The van der Waals surface area contributed by atoms with Crippen molar-refractivity contribution in [3.05, 3.63) is 35.0 Å². The molecular formula is C16H20N2O5. The minimum Gasteiger partial charge on any atom is -0.493 e. The fraction of sp³-hybridized carbons (Fsp3) is 0.375. The van der Waals surface area contributed by atoms with Crippen molar-refractivity contribution in [1.29, 1.82) is 0 Å². The maximum absolute atomic E-state index is 12.1. The molecule has 1 aromatic rings. The zero-order chi connectivity index (χ0) is 17.0. The molecule has 0 saturated heterocycles. The first-order valence-electron chi connectivity index (χ1n) is 7.09. The van der Waals surface area contributed by atoms with Crippen LogP contribution in [-0.2, 0) is 20.7 Å². The van der Waals surface area contributed by atoms with Crippen molar-refractivity contribution in [3.8, 4) is 11.5 Å². The monoisotopic (exact) mass is 320 g/mol. The molecule has 1 heterocycles. The third-order valence-electron chi connectivity index (χ3n) is 3.74. The maximum atomic E-state index is 12.1. The molecule has 0 saturated carbocycles. The maximum Gasteiger partial charge on any atom is 0.337 e. The van der Waals surface area contributed by atoms with Crippen molar-refractivity contribution in [3.63, 3.8) is 0 Å². The van der Waals surface area contributed by atoms with Crippen LogP contribution in [-0.4, -0.2) is 51.2 Å². The Hall–Kier alpha value is -2.70. The van der Waals surface area contributed by atoms with E-state index in [1.54, 1.807) is 14.2 Å².